The van der Waals surface area contributed by atoms with Crippen LogP contribution in [0.5, 0.6) is 0 Å². The first-order chi connectivity index (χ1) is 11.0. The number of carboxylic acids is 1. The van der Waals surface area contributed by atoms with Gasteiger partial charge in [0.15, 0.2) is 0 Å². The van der Waals surface area contributed by atoms with Crippen molar-refractivity contribution in [2.24, 2.45) is 12.5 Å². The Kier molecular flexibility index (Phi) is 3.43. The largest absolute Gasteiger partial charge is 0.481 e. The Balaban J connectivity index is 1.95. The summed E-state index contributed by atoms with van der Waals surface area (Å²) in [6.45, 7) is 0.818. The van der Waals surface area contributed by atoms with Crippen molar-refractivity contribution in [2.75, 3.05) is 6.54 Å². The maximum Gasteiger partial charge on any atom is 0.311 e. The lowest BCUT2D eigenvalue weighted by Crippen LogP contribution is -2.46. The lowest BCUT2D eigenvalue weighted by atomic mass is 9.74. The summed E-state index contributed by atoms with van der Waals surface area (Å²) < 4.78 is 2.17. The van der Waals surface area contributed by atoms with E-state index in [0.717, 1.165) is 54.9 Å². The third-order valence-corrected chi connectivity index (χ3v) is 6.02. The van der Waals surface area contributed by atoms with E-state index in [1.165, 1.54) is 10.9 Å². The molecular formula is C18H21ClN2O2. The summed E-state index contributed by atoms with van der Waals surface area (Å²) in [6.07, 6.45) is 4.41. The molecule has 1 aromatic heterocycles. The van der Waals surface area contributed by atoms with E-state index in [4.69, 9.17) is 11.6 Å². The Morgan fingerprint density at radius 2 is 2.13 bits per heavy atom. The fourth-order valence-electron chi connectivity index (χ4n) is 4.67. The van der Waals surface area contributed by atoms with Gasteiger partial charge in [0.05, 0.1) is 11.5 Å². The van der Waals surface area contributed by atoms with Crippen molar-refractivity contribution in [3.63, 3.8) is 0 Å². The predicted molar refractivity (Wildman–Crippen MR) is 90.9 cm³/mol. The second-order valence-electron chi connectivity index (χ2n) is 6.89. The van der Waals surface area contributed by atoms with Gasteiger partial charge in [0.25, 0.3) is 0 Å². The molecule has 0 bridgehead atoms. The molecule has 1 aromatic carbocycles. The van der Waals surface area contributed by atoms with Crippen LogP contribution < -0.4 is 5.32 Å². The summed E-state index contributed by atoms with van der Waals surface area (Å²) in [7, 11) is 2.04. The predicted octanol–water partition coefficient (Wildman–Crippen LogP) is 3.66. The Labute approximate surface area is 140 Å². The number of aliphatic carboxylic acids is 1. The van der Waals surface area contributed by atoms with Crippen LogP contribution in [-0.4, -0.2) is 22.2 Å². The molecule has 0 spiro atoms. The quantitative estimate of drug-likeness (QED) is 0.882. The number of halogens is 1. The molecule has 2 heterocycles. The van der Waals surface area contributed by atoms with E-state index in [1.807, 2.05) is 25.2 Å². The van der Waals surface area contributed by atoms with Gasteiger partial charge in [-0.3, -0.25) is 4.79 Å². The van der Waals surface area contributed by atoms with E-state index < -0.39 is 11.4 Å². The van der Waals surface area contributed by atoms with E-state index in [1.54, 1.807) is 0 Å². The zero-order chi connectivity index (χ0) is 16.2. The minimum Gasteiger partial charge on any atom is -0.481 e. The van der Waals surface area contributed by atoms with Gasteiger partial charge in [0, 0.05) is 28.7 Å². The molecule has 1 unspecified atom stereocenters. The number of carbonyl (C=O) groups is 1. The highest BCUT2D eigenvalue weighted by atomic mass is 35.5. The Bertz CT molecular complexity index is 790. The molecule has 1 aliphatic heterocycles. The van der Waals surface area contributed by atoms with E-state index >= 15 is 0 Å². The Hall–Kier alpha value is -1.52. The molecule has 23 heavy (non-hydrogen) atoms. The number of aromatic nitrogens is 1. The first-order valence-corrected chi connectivity index (χ1v) is 8.66. The van der Waals surface area contributed by atoms with Crippen molar-refractivity contribution >= 4 is 28.5 Å². The Morgan fingerprint density at radius 3 is 2.83 bits per heavy atom. The minimum absolute atomic E-state index is 0.123. The molecule has 4 nitrogen and oxygen atoms in total. The highest BCUT2D eigenvalue weighted by molar-refractivity contribution is 6.31. The topological polar surface area (TPSA) is 54.3 Å². The van der Waals surface area contributed by atoms with Crippen LogP contribution in [0.4, 0.5) is 0 Å². The average molecular weight is 333 g/mol. The highest BCUT2D eigenvalue weighted by Crippen LogP contribution is 2.50. The zero-order valence-electron chi connectivity index (χ0n) is 13.2. The number of fused-ring (bicyclic) bond motifs is 3. The summed E-state index contributed by atoms with van der Waals surface area (Å²) in [5.41, 5.74) is 2.85. The summed E-state index contributed by atoms with van der Waals surface area (Å²) >= 11 is 6.19. The lowest BCUT2D eigenvalue weighted by Gasteiger charge is -2.38. The van der Waals surface area contributed by atoms with E-state index in [-0.39, 0.29) is 6.04 Å². The molecule has 0 amide bonds. The molecule has 2 aromatic rings. The molecule has 1 atom stereocenters. The van der Waals surface area contributed by atoms with Crippen molar-refractivity contribution in [3.8, 4) is 0 Å². The number of nitrogens with one attached hydrogen (secondary N) is 1. The Morgan fingerprint density at radius 1 is 1.39 bits per heavy atom. The first-order valence-electron chi connectivity index (χ1n) is 8.28. The third-order valence-electron chi connectivity index (χ3n) is 5.79. The first kappa shape index (κ1) is 15.0. The second-order valence-corrected chi connectivity index (χ2v) is 7.33. The van der Waals surface area contributed by atoms with Crippen molar-refractivity contribution in [3.05, 3.63) is 34.5 Å². The van der Waals surface area contributed by atoms with Crippen molar-refractivity contribution in [2.45, 2.75) is 38.1 Å². The molecular weight excluding hydrogens is 312 g/mol. The molecule has 1 saturated carbocycles. The smallest absolute Gasteiger partial charge is 0.311 e. The number of rotatable bonds is 2. The maximum absolute atomic E-state index is 12.1. The van der Waals surface area contributed by atoms with Crippen LogP contribution in [0.2, 0.25) is 5.02 Å². The van der Waals surface area contributed by atoms with Gasteiger partial charge < -0.3 is 15.0 Å². The standard InChI is InChI=1S/C18H21ClN2O2/c1-21-14-5-4-11(19)10-13(14)12-6-9-20-16(15(12)21)18(17(22)23)7-2-3-8-18/h4-5,10,16,20H,2-3,6-9H2,1H3,(H,22,23). The van der Waals surface area contributed by atoms with Crippen LogP contribution in [0.15, 0.2) is 18.2 Å². The van der Waals surface area contributed by atoms with Gasteiger partial charge in [0.2, 0.25) is 0 Å². The van der Waals surface area contributed by atoms with Crippen LogP contribution in [0.25, 0.3) is 10.9 Å². The molecule has 1 fully saturated rings. The van der Waals surface area contributed by atoms with Gasteiger partial charge in [-0.1, -0.05) is 24.4 Å². The molecule has 122 valence electrons. The van der Waals surface area contributed by atoms with Crippen molar-refractivity contribution in [1.29, 1.82) is 0 Å². The number of aryl methyl sites for hydroxylation is 1. The molecule has 0 saturated heterocycles. The average Bonchev–Trinajstić information content (AvgIpc) is 3.13. The number of nitrogens with zero attached hydrogens (tertiary/aromatic N) is 1. The van der Waals surface area contributed by atoms with Crippen LogP contribution in [0.3, 0.4) is 0 Å². The van der Waals surface area contributed by atoms with Gasteiger partial charge in [-0.2, -0.15) is 0 Å². The SMILES string of the molecule is Cn1c2c(c3cc(Cl)ccc31)CCNC2C1(C(=O)O)CCCC1. The maximum atomic E-state index is 12.1. The summed E-state index contributed by atoms with van der Waals surface area (Å²) in [5.74, 6) is -0.663. The summed E-state index contributed by atoms with van der Waals surface area (Å²) in [6, 6.07) is 5.83. The lowest BCUT2D eigenvalue weighted by molar-refractivity contribution is -0.151. The minimum atomic E-state index is -0.679. The van der Waals surface area contributed by atoms with Crippen LogP contribution in [-0.2, 0) is 18.3 Å². The highest BCUT2D eigenvalue weighted by Gasteiger charge is 2.50. The monoisotopic (exact) mass is 332 g/mol. The number of hydrogen-bond acceptors (Lipinski definition) is 2. The van der Waals surface area contributed by atoms with Crippen LogP contribution in [0, 0.1) is 5.41 Å². The molecule has 1 aliphatic carbocycles. The van der Waals surface area contributed by atoms with E-state index in [0.29, 0.717) is 0 Å². The molecule has 0 radical (unpaired) electrons. The van der Waals surface area contributed by atoms with Gasteiger partial charge in [-0.25, -0.2) is 0 Å². The number of carboxylic acid groups (broad SMARTS) is 1. The van der Waals surface area contributed by atoms with Crippen molar-refractivity contribution in [1.82, 2.24) is 9.88 Å². The third kappa shape index (κ3) is 2.05. The van der Waals surface area contributed by atoms with E-state index in [9.17, 15) is 9.90 Å². The van der Waals surface area contributed by atoms with E-state index in [2.05, 4.69) is 9.88 Å². The van der Waals surface area contributed by atoms with Gasteiger partial charge in [0.1, 0.15) is 0 Å². The second kappa shape index (κ2) is 5.25. The van der Waals surface area contributed by atoms with Crippen molar-refractivity contribution < 1.29 is 9.90 Å². The molecule has 4 rings (SSSR count). The normalized spacial score (nSPS) is 23.1. The fourth-order valence-corrected chi connectivity index (χ4v) is 4.84. The molecule has 2 aliphatic rings. The fraction of sp³-hybridized carbons (Fsp3) is 0.500. The van der Waals surface area contributed by atoms with Crippen LogP contribution in [0.1, 0.15) is 43.0 Å². The van der Waals surface area contributed by atoms with Gasteiger partial charge in [-0.15, -0.1) is 0 Å². The molecule has 5 heteroatoms. The molecule has 2 N–H and O–H groups in total. The van der Waals surface area contributed by atoms with Gasteiger partial charge in [-0.05, 0) is 49.6 Å². The number of benzene rings is 1. The number of hydrogen-bond donors (Lipinski definition) is 2. The summed E-state index contributed by atoms with van der Waals surface area (Å²) in [5, 5.41) is 15.4. The zero-order valence-corrected chi connectivity index (χ0v) is 14.0. The summed E-state index contributed by atoms with van der Waals surface area (Å²) in [4.78, 5) is 12.1. The van der Waals surface area contributed by atoms with Gasteiger partial charge >= 0.3 is 5.97 Å². The van der Waals surface area contributed by atoms with Crippen LogP contribution >= 0.6 is 11.6 Å².